The Morgan fingerprint density at radius 3 is 2.59 bits per heavy atom. The third-order valence-electron chi connectivity index (χ3n) is 7.80. The quantitative estimate of drug-likeness (QED) is 0.669. The van der Waals surface area contributed by atoms with E-state index in [0.717, 1.165) is 0 Å². The fourth-order valence-electron chi connectivity index (χ4n) is 6.79. The zero-order valence-corrected chi connectivity index (χ0v) is 20.0. The highest BCUT2D eigenvalue weighted by molar-refractivity contribution is 5.94. The number of oxazole rings is 1. The number of fused-ring (bicyclic) bond motifs is 2. The van der Waals surface area contributed by atoms with Crippen LogP contribution in [0.5, 0.6) is 0 Å². The minimum atomic E-state index is -1.49. The van der Waals surface area contributed by atoms with Crippen LogP contribution in [0.3, 0.4) is 0 Å². The summed E-state index contributed by atoms with van der Waals surface area (Å²) in [6.45, 7) is 8.65. The van der Waals surface area contributed by atoms with Crippen LogP contribution in [0.2, 0.25) is 0 Å². The van der Waals surface area contributed by atoms with Crippen molar-refractivity contribution in [1.82, 2.24) is 10.3 Å². The third kappa shape index (κ3) is 2.91. The number of para-hydroxylation sites is 2. The number of nitrogens with one attached hydrogen (secondary N) is 1. The van der Waals surface area contributed by atoms with Gasteiger partial charge in [0, 0.05) is 17.3 Å². The van der Waals surface area contributed by atoms with Gasteiger partial charge in [0.05, 0.1) is 5.92 Å². The summed E-state index contributed by atoms with van der Waals surface area (Å²) < 4.78 is 22.4. The van der Waals surface area contributed by atoms with E-state index in [4.69, 9.17) is 23.6 Å². The molecule has 0 bridgehead atoms. The number of cyclic esters (lactones) is 2. The maximum atomic E-state index is 13.7. The van der Waals surface area contributed by atoms with Crippen molar-refractivity contribution in [2.75, 3.05) is 6.79 Å². The number of amides is 1. The normalized spacial score (nSPS) is 34.5. The Kier molecular flexibility index (Phi) is 4.97. The van der Waals surface area contributed by atoms with E-state index < -0.39 is 59.1 Å². The largest absolute Gasteiger partial charge is 0.444 e. The number of nitrogens with zero attached hydrogens (tertiary/aromatic N) is 1. The molecule has 1 amide bonds. The molecule has 34 heavy (non-hydrogen) atoms. The molecule has 3 aliphatic rings. The second-order valence-electron chi connectivity index (χ2n) is 10.4. The van der Waals surface area contributed by atoms with Gasteiger partial charge in [-0.25, -0.2) is 14.6 Å². The van der Waals surface area contributed by atoms with Gasteiger partial charge in [-0.05, 0) is 51.7 Å². The molecule has 0 radical (unpaired) electrons. The molecule has 9 heteroatoms. The summed E-state index contributed by atoms with van der Waals surface area (Å²) in [6.07, 6.45) is 0.247. The second-order valence-corrected chi connectivity index (χ2v) is 10.4. The highest BCUT2D eigenvalue weighted by Crippen LogP contribution is 2.81. The molecule has 5 rings (SSSR count). The van der Waals surface area contributed by atoms with Gasteiger partial charge in [-0.1, -0.05) is 26.0 Å². The average molecular weight is 471 g/mol. The molecule has 182 valence electrons. The summed E-state index contributed by atoms with van der Waals surface area (Å²) in [5.74, 6) is -2.32. The summed E-state index contributed by atoms with van der Waals surface area (Å²) in [5.41, 5.74) is -1.83. The molecule has 1 aliphatic heterocycles. The van der Waals surface area contributed by atoms with Crippen molar-refractivity contribution in [3.05, 3.63) is 30.2 Å². The topological polar surface area (TPSA) is 117 Å². The van der Waals surface area contributed by atoms with Gasteiger partial charge in [-0.3, -0.25) is 4.79 Å². The van der Waals surface area contributed by atoms with Crippen LogP contribution in [0.25, 0.3) is 11.1 Å². The lowest BCUT2D eigenvalue weighted by Crippen LogP contribution is -2.66. The van der Waals surface area contributed by atoms with E-state index in [9.17, 15) is 14.4 Å². The number of ether oxygens (including phenoxy) is 3. The first-order chi connectivity index (χ1) is 16.1. The molecule has 2 saturated carbocycles. The fraction of sp³-hybridized carbons (Fsp3) is 0.600. The molecule has 9 nitrogen and oxygen atoms in total. The number of esters is 2. The maximum Gasteiger partial charge on any atom is 0.408 e. The van der Waals surface area contributed by atoms with Gasteiger partial charge in [-0.2, -0.15) is 0 Å². The van der Waals surface area contributed by atoms with Gasteiger partial charge in [0.25, 0.3) is 0 Å². The minimum absolute atomic E-state index is 0.302. The van der Waals surface area contributed by atoms with Crippen LogP contribution in [0.15, 0.2) is 28.7 Å². The van der Waals surface area contributed by atoms with E-state index in [1.54, 1.807) is 20.8 Å². The van der Waals surface area contributed by atoms with Crippen LogP contribution in [0.4, 0.5) is 4.79 Å². The SMILES string of the molecule is CCC1C(c2nc3ccccc3o2)C2C3C(=O)OCOC(=O)C1(NC(=O)OC(C)(C)C)C32CC. The Morgan fingerprint density at radius 1 is 1.21 bits per heavy atom. The Labute approximate surface area is 197 Å². The van der Waals surface area contributed by atoms with Gasteiger partial charge >= 0.3 is 18.0 Å². The number of benzene rings is 1. The molecule has 1 aromatic carbocycles. The molecule has 2 aliphatic carbocycles. The lowest BCUT2D eigenvalue weighted by Gasteiger charge is -2.44. The predicted molar refractivity (Wildman–Crippen MR) is 119 cm³/mol. The van der Waals surface area contributed by atoms with Crippen LogP contribution in [-0.4, -0.2) is 40.9 Å². The first-order valence-electron chi connectivity index (χ1n) is 11.8. The number of hydrogen-bond donors (Lipinski definition) is 1. The van der Waals surface area contributed by atoms with E-state index in [2.05, 4.69) is 5.32 Å². The molecular weight excluding hydrogens is 440 g/mol. The first-order valence-corrected chi connectivity index (χ1v) is 11.8. The molecule has 1 N–H and O–H groups in total. The molecule has 6 atom stereocenters. The number of aromatic nitrogens is 1. The van der Waals surface area contributed by atoms with Gasteiger partial charge in [0.2, 0.25) is 6.79 Å². The lowest BCUT2D eigenvalue weighted by molar-refractivity contribution is -0.185. The van der Waals surface area contributed by atoms with Crippen molar-refractivity contribution >= 4 is 29.1 Å². The van der Waals surface area contributed by atoms with Gasteiger partial charge in [-0.15, -0.1) is 0 Å². The van der Waals surface area contributed by atoms with Crippen molar-refractivity contribution in [2.24, 2.45) is 23.2 Å². The Bertz CT molecular complexity index is 1130. The second kappa shape index (κ2) is 7.45. The number of carbonyl (C=O) groups excluding carboxylic acids is 3. The number of hydrogen-bond acceptors (Lipinski definition) is 8. The van der Waals surface area contributed by atoms with Crippen molar-refractivity contribution < 1.29 is 33.0 Å². The number of alkyl carbamates (subject to hydrolysis) is 1. The zero-order valence-electron chi connectivity index (χ0n) is 20.0. The zero-order chi connectivity index (χ0) is 24.5. The Balaban J connectivity index is 1.69. The summed E-state index contributed by atoms with van der Waals surface area (Å²) >= 11 is 0. The molecular formula is C25H30N2O7. The van der Waals surface area contributed by atoms with Crippen molar-refractivity contribution in [1.29, 1.82) is 0 Å². The fourth-order valence-corrected chi connectivity index (χ4v) is 6.79. The van der Waals surface area contributed by atoms with Crippen LogP contribution >= 0.6 is 0 Å². The third-order valence-corrected chi connectivity index (χ3v) is 7.80. The molecule has 2 heterocycles. The van der Waals surface area contributed by atoms with Gasteiger partial charge in [0.1, 0.15) is 11.1 Å². The lowest BCUT2D eigenvalue weighted by atomic mass is 9.68. The minimum Gasteiger partial charge on any atom is -0.444 e. The Hall–Kier alpha value is -3.10. The van der Waals surface area contributed by atoms with Crippen LogP contribution in [0, 0.1) is 23.2 Å². The average Bonchev–Trinajstić information content (AvgIpc) is 3.12. The molecule has 2 aromatic rings. The molecule has 3 fully saturated rings. The first kappa shape index (κ1) is 22.7. The van der Waals surface area contributed by atoms with E-state index in [0.29, 0.717) is 29.8 Å². The van der Waals surface area contributed by atoms with Gasteiger partial charge < -0.3 is 23.9 Å². The highest BCUT2D eigenvalue weighted by atomic mass is 16.7. The molecule has 0 spiro atoms. The van der Waals surface area contributed by atoms with Crippen molar-refractivity contribution in [3.8, 4) is 0 Å². The van der Waals surface area contributed by atoms with Crippen molar-refractivity contribution in [2.45, 2.75) is 64.5 Å². The van der Waals surface area contributed by atoms with E-state index in [-0.39, 0.29) is 5.92 Å². The van der Waals surface area contributed by atoms with Crippen LogP contribution in [0.1, 0.15) is 59.3 Å². The summed E-state index contributed by atoms with van der Waals surface area (Å²) in [5, 5.41) is 2.92. The van der Waals surface area contributed by atoms with E-state index >= 15 is 0 Å². The summed E-state index contributed by atoms with van der Waals surface area (Å²) in [6, 6.07) is 7.42. The van der Waals surface area contributed by atoms with E-state index in [1.807, 2.05) is 38.1 Å². The van der Waals surface area contributed by atoms with E-state index in [1.165, 1.54) is 0 Å². The smallest absolute Gasteiger partial charge is 0.408 e. The monoisotopic (exact) mass is 470 g/mol. The number of carbonyl (C=O) groups is 3. The summed E-state index contributed by atoms with van der Waals surface area (Å²) in [4.78, 5) is 44.6. The Morgan fingerprint density at radius 2 is 1.94 bits per heavy atom. The molecule has 1 aromatic heterocycles. The highest BCUT2D eigenvalue weighted by Gasteiger charge is 2.89. The number of rotatable bonds is 4. The van der Waals surface area contributed by atoms with Crippen LogP contribution in [-0.2, 0) is 23.8 Å². The van der Waals surface area contributed by atoms with Gasteiger partial charge in [0.15, 0.2) is 17.0 Å². The van der Waals surface area contributed by atoms with Crippen LogP contribution < -0.4 is 5.32 Å². The molecule has 1 saturated heterocycles. The molecule has 6 unspecified atom stereocenters. The summed E-state index contributed by atoms with van der Waals surface area (Å²) in [7, 11) is 0. The predicted octanol–water partition coefficient (Wildman–Crippen LogP) is 3.91. The van der Waals surface area contributed by atoms with Crippen molar-refractivity contribution in [3.63, 3.8) is 0 Å². The maximum absolute atomic E-state index is 13.7. The standard InChI is InChI=1S/C25H30N2O7/c1-6-13-16(19-26-14-10-8-9-11-15(14)33-19)17-18-20(28)31-12-32-21(29)25(13,24(17,18)7-2)27-22(30)34-23(3,4)5/h8-11,13,16-18H,6-7,12H2,1-5H3,(H,27,30).